The van der Waals surface area contributed by atoms with Crippen LogP contribution >= 0.6 is 11.3 Å². The number of thiophene rings is 1. The van der Waals surface area contributed by atoms with Gasteiger partial charge in [-0.15, -0.1) is 0 Å². The second-order valence-corrected chi connectivity index (χ2v) is 5.18. The van der Waals surface area contributed by atoms with Gasteiger partial charge in [-0.05, 0) is 46.5 Å². The highest BCUT2D eigenvalue weighted by molar-refractivity contribution is 7.08. The fourth-order valence-corrected chi connectivity index (χ4v) is 2.75. The zero-order valence-electron chi connectivity index (χ0n) is 10.5. The van der Waals surface area contributed by atoms with E-state index in [1.165, 1.54) is 11.1 Å². The third-order valence-corrected chi connectivity index (χ3v) is 3.87. The molecule has 3 nitrogen and oxygen atoms in total. The maximum Gasteiger partial charge on any atom is 0.262 e. The Bertz CT molecular complexity index is 658. The highest BCUT2D eigenvalue weighted by Gasteiger charge is 2.15. The van der Waals surface area contributed by atoms with E-state index in [9.17, 15) is 4.79 Å². The van der Waals surface area contributed by atoms with Crippen LogP contribution in [0.5, 0.6) is 5.75 Å². The molecule has 0 radical (unpaired) electrons. The molecule has 0 unspecified atom stereocenters. The third kappa shape index (κ3) is 2.53. The summed E-state index contributed by atoms with van der Waals surface area (Å²) in [4.78, 5) is 11.3. The minimum atomic E-state index is -0.109. The average molecular weight is 271 g/mol. The van der Waals surface area contributed by atoms with Crippen LogP contribution in [0.2, 0.25) is 0 Å². The summed E-state index contributed by atoms with van der Waals surface area (Å²) < 4.78 is 5.33. The predicted octanol–water partition coefficient (Wildman–Crippen LogP) is 3.56. The van der Waals surface area contributed by atoms with Gasteiger partial charge in [-0.2, -0.15) is 11.3 Å². The number of hydrogen-bond donors (Lipinski definition) is 1. The second-order valence-electron chi connectivity index (χ2n) is 4.44. The van der Waals surface area contributed by atoms with Crippen LogP contribution in [0.3, 0.4) is 0 Å². The van der Waals surface area contributed by atoms with Gasteiger partial charge in [-0.3, -0.25) is 4.79 Å². The lowest BCUT2D eigenvalue weighted by Crippen LogP contribution is -2.25. The van der Waals surface area contributed by atoms with Gasteiger partial charge in [0, 0.05) is 0 Å². The molecule has 0 fully saturated rings. The first-order valence-electron chi connectivity index (χ1n) is 6.00. The first-order valence-corrected chi connectivity index (χ1v) is 6.94. The molecule has 0 saturated heterocycles. The summed E-state index contributed by atoms with van der Waals surface area (Å²) in [7, 11) is 0. The predicted molar refractivity (Wildman–Crippen MR) is 78.6 cm³/mol. The van der Waals surface area contributed by atoms with Gasteiger partial charge in [0.05, 0.1) is 5.69 Å². The molecule has 2 heterocycles. The minimum Gasteiger partial charge on any atom is -0.482 e. The summed E-state index contributed by atoms with van der Waals surface area (Å²) in [6.45, 7) is 2.19. The van der Waals surface area contributed by atoms with Crippen molar-refractivity contribution >= 4 is 35.1 Å². The molecule has 0 atom stereocenters. The molecule has 1 aliphatic heterocycles. The van der Waals surface area contributed by atoms with Crippen molar-refractivity contribution in [2.75, 3.05) is 11.9 Å². The molecule has 3 rings (SSSR count). The van der Waals surface area contributed by atoms with Gasteiger partial charge in [-0.25, -0.2) is 0 Å². The van der Waals surface area contributed by atoms with E-state index in [4.69, 9.17) is 4.74 Å². The summed E-state index contributed by atoms with van der Waals surface area (Å²) in [5.74, 6) is 0.616. The van der Waals surface area contributed by atoms with Gasteiger partial charge in [0.15, 0.2) is 6.61 Å². The largest absolute Gasteiger partial charge is 0.482 e. The molecule has 19 heavy (non-hydrogen) atoms. The van der Waals surface area contributed by atoms with Gasteiger partial charge in [-0.1, -0.05) is 18.2 Å². The Labute approximate surface area is 115 Å². The van der Waals surface area contributed by atoms with Crippen molar-refractivity contribution in [1.82, 2.24) is 0 Å². The molecule has 0 aliphatic carbocycles. The van der Waals surface area contributed by atoms with E-state index in [-0.39, 0.29) is 12.5 Å². The zero-order chi connectivity index (χ0) is 13.2. The summed E-state index contributed by atoms with van der Waals surface area (Å²) in [5.41, 5.74) is 4.27. The maximum atomic E-state index is 11.3. The summed E-state index contributed by atoms with van der Waals surface area (Å²) >= 11 is 1.70. The first kappa shape index (κ1) is 12.0. The van der Waals surface area contributed by atoms with E-state index in [1.54, 1.807) is 11.3 Å². The van der Waals surface area contributed by atoms with Crippen molar-refractivity contribution < 1.29 is 9.53 Å². The summed E-state index contributed by atoms with van der Waals surface area (Å²) in [6.07, 6.45) is 4.12. The van der Waals surface area contributed by atoms with Gasteiger partial charge < -0.3 is 10.1 Å². The average Bonchev–Trinajstić information content (AvgIpc) is 2.81. The van der Waals surface area contributed by atoms with E-state index in [2.05, 4.69) is 29.1 Å². The van der Waals surface area contributed by atoms with Crippen LogP contribution in [0.4, 0.5) is 5.69 Å². The lowest BCUT2D eigenvalue weighted by atomic mass is 10.1. The highest BCUT2D eigenvalue weighted by Crippen LogP contribution is 2.29. The van der Waals surface area contributed by atoms with Crippen LogP contribution in [-0.2, 0) is 4.79 Å². The topological polar surface area (TPSA) is 38.3 Å². The quantitative estimate of drug-likeness (QED) is 0.907. The Morgan fingerprint density at radius 2 is 2.21 bits per heavy atom. The molecular weight excluding hydrogens is 258 g/mol. The Balaban J connectivity index is 1.86. The van der Waals surface area contributed by atoms with Crippen LogP contribution in [0, 0.1) is 6.92 Å². The van der Waals surface area contributed by atoms with Gasteiger partial charge in [0.1, 0.15) is 5.75 Å². The van der Waals surface area contributed by atoms with Crippen molar-refractivity contribution in [3.63, 3.8) is 0 Å². The van der Waals surface area contributed by atoms with Gasteiger partial charge >= 0.3 is 0 Å². The number of carbonyl (C=O) groups is 1. The number of hydrogen-bond acceptors (Lipinski definition) is 3. The molecule has 0 bridgehead atoms. The molecule has 96 valence electrons. The number of benzene rings is 1. The van der Waals surface area contributed by atoms with Crippen LogP contribution in [0.15, 0.2) is 29.0 Å². The van der Waals surface area contributed by atoms with E-state index in [1.807, 2.05) is 24.3 Å². The molecule has 4 heteroatoms. The molecular formula is C15H13NO2S. The minimum absolute atomic E-state index is 0.0935. The van der Waals surface area contributed by atoms with Crippen molar-refractivity contribution in [2.45, 2.75) is 6.92 Å². The second kappa shape index (κ2) is 4.90. The van der Waals surface area contributed by atoms with E-state index in [0.717, 1.165) is 17.0 Å². The number of rotatable bonds is 2. The first-order chi connectivity index (χ1) is 9.22. The fourth-order valence-electron chi connectivity index (χ4n) is 1.93. The normalized spacial score (nSPS) is 14.1. The van der Waals surface area contributed by atoms with Crippen LogP contribution in [-0.4, -0.2) is 12.5 Å². The highest BCUT2D eigenvalue weighted by atomic mass is 32.1. The van der Waals surface area contributed by atoms with Crippen LogP contribution in [0.25, 0.3) is 12.2 Å². The lowest BCUT2D eigenvalue weighted by molar-refractivity contribution is -0.118. The molecule has 1 aliphatic rings. The molecule has 2 aromatic rings. The number of carbonyl (C=O) groups excluding carboxylic acids is 1. The van der Waals surface area contributed by atoms with Gasteiger partial charge in [0.2, 0.25) is 0 Å². The third-order valence-electron chi connectivity index (χ3n) is 2.99. The number of amides is 1. The van der Waals surface area contributed by atoms with Crippen LogP contribution in [0.1, 0.15) is 16.7 Å². The molecule has 1 N–H and O–H groups in total. The number of ether oxygens (including phenoxy) is 1. The molecule has 1 aromatic carbocycles. The number of anilines is 1. The lowest BCUT2D eigenvalue weighted by Gasteiger charge is -2.17. The molecule has 1 aromatic heterocycles. The molecule has 0 spiro atoms. The number of fused-ring (bicyclic) bond motifs is 1. The monoisotopic (exact) mass is 271 g/mol. The molecule has 1 amide bonds. The van der Waals surface area contributed by atoms with Crippen molar-refractivity contribution in [3.8, 4) is 5.75 Å². The summed E-state index contributed by atoms with van der Waals surface area (Å²) in [5, 5.41) is 7.05. The van der Waals surface area contributed by atoms with Crippen LogP contribution < -0.4 is 10.1 Å². The zero-order valence-corrected chi connectivity index (χ0v) is 11.3. The fraction of sp³-hybridized carbons (Fsp3) is 0.133. The SMILES string of the molecule is Cc1cscc1C=Cc1ccc2c(c1)NC(=O)CO2. The van der Waals surface area contributed by atoms with E-state index in [0.29, 0.717) is 0 Å². The van der Waals surface area contributed by atoms with Crippen molar-refractivity contribution in [3.05, 3.63) is 45.6 Å². The Morgan fingerprint density at radius 1 is 1.32 bits per heavy atom. The molecule has 0 saturated carbocycles. The maximum absolute atomic E-state index is 11.3. The number of nitrogens with one attached hydrogen (secondary N) is 1. The standard InChI is InChI=1S/C15H13NO2S/c1-10-8-19-9-12(10)4-2-11-3-5-14-13(6-11)16-15(17)7-18-14/h2-6,8-9H,7H2,1H3,(H,16,17). The Hall–Kier alpha value is -2.07. The van der Waals surface area contributed by atoms with E-state index >= 15 is 0 Å². The number of aryl methyl sites for hydroxylation is 1. The van der Waals surface area contributed by atoms with E-state index < -0.39 is 0 Å². The van der Waals surface area contributed by atoms with Crippen molar-refractivity contribution in [2.24, 2.45) is 0 Å². The smallest absolute Gasteiger partial charge is 0.262 e. The van der Waals surface area contributed by atoms with Crippen molar-refractivity contribution in [1.29, 1.82) is 0 Å². The van der Waals surface area contributed by atoms with Gasteiger partial charge in [0.25, 0.3) is 5.91 Å². The summed E-state index contributed by atoms with van der Waals surface area (Å²) in [6, 6.07) is 5.79. The Morgan fingerprint density at radius 3 is 3.00 bits per heavy atom. The Kier molecular flexibility index (Phi) is 3.09.